The van der Waals surface area contributed by atoms with Crippen LogP contribution in [0.25, 0.3) is 0 Å². The summed E-state index contributed by atoms with van der Waals surface area (Å²) in [5, 5.41) is 13.8. The first-order valence-electron chi connectivity index (χ1n) is 5.99. The maximum atomic E-state index is 11.5. The minimum absolute atomic E-state index is 0.0750. The highest BCUT2D eigenvalue weighted by atomic mass is 16.4. The summed E-state index contributed by atoms with van der Waals surface area (Å²) in [5.74, 6) is -1.57. The van der Waals surface area contributed by atoms with Gasteiger partial charge in [0, 0.05) is 18.4 Å². The molecule has 0 aliphatic heterocycles. The molecule has 0 aromatic heterocycles. The summed E-state index contributed by atoms with van der Waals surface area (Å²) < 4.78 is 0. The molecule has 0 aromatic rings. The smallest absolute Gasteiger partial charge is 0.326 e. The molecule has 6 heteroatoms. The molecular formula is C12H22N2O4. The minimum Gasteiger partial charge on any atom is -0.480 e. The van der Waals surface area contributed by atoms with Gasteiger partial charge in [-0.05, 0) is 6.42 Å². The highest BCUT2D eigenvalue weighted by molar-refractivity contribution is 5.84. The second kappa shape index (κ2) is 6.98. The molecule has 0 rings (SSSR count). The number of amides is 2. The average Bonchev–Trinajstić information content (AvgIpc) is 2.23. The molecule has 0 radical (unpaired) electrons. The first-order valence-corrected chi connectivity index (χ1v) is 5.99. The molecule has 0 aliphatic carbocycles. The monoisotopic (exact) mass is 258 g/mol. The van der Waals surface area contributed by atoms with E-state index in [9.17, 15) is 14.4 Å². The topological polar surface area (TPSA) is 95.5 Å². The fourth-order valence-corrected chi connectivity index (χ4v) is 1.16. The fraction of sp³-hybridized carbons (Fsp3) is 0.750. The van der Waals surface area contributed by atoms with E-state index >= 15 is 0 Å². The Morgan fingerprint density at radius 2 is 1.78 bits per heavy atom. The van der Waals surface area contributed by atoms with Gasteiger partial charge in [-0.15, -0.1) is 0 Å². The number of hydrogen-bond acceptors (Lipinski definition) is 3. The van der Waals surface area contributed by atoms with Gasteiger partial charge in [0.1, 0.15) is 6.04 Å². The van der Waals surface area contributed by atoms with Crippen molar-refractivity contribution < 1.29 is 19.5 Å². The molecule has 0 saturated carbocycles. The zero-order chi connectivity index (χ0) is 14.3. The first-order chi connectivity index (χ1) is 8.18. The summed E-state index contributed by atoms with van der Waals surface area (Å²) >= 11 is 0. The van der Waals surface area contributed by atoms with Crippen molar-refractivity contribution in [1.29, 1.82) is 0 Å². The van der Waals surface area contributed by atoms with Gasteiger partial charge < -0.3 is 15.7 Å². The third-order valence-electron chi connectivity index (χ3n) is 2.36. The van der Waals surface area contributed by atoms with Crippen molar-refractivity contribution in [3.63, 3.8) is 0 Å². The van der Waals surface area contributed by atoms with E-state index in [-0.39, 0.29) is 24.8 Å². The van der Waals surface area contributed by atoms with Crippen LogP contribution < -0.4 is 10.6 Å². The molecule has 3 N–H and O–H groups in total. The van der Waals surface area contributed by atoms with Gasteiger partial charge in [-0.25, -0.2) is 4.79 Å². The van der Waals surface area contributed by atoms with Gasteiger partial charge >= 0.3 is 5.97 Å². The van der Waals surface area contributed by atoms with Crippen molar-refractivity contribution >= 4 is 17.8 Å². The summed E-state index contributed by atoms with van der Waals surface area (Å²) in [6.07, 6.45) is 0.404. The first kappa shape index (κ1) is 16.4. The van der Waals surface area contributed by atoms with Gasteiger partial charge in [-0.1, -0.05) is 27.7 Å². The Bertz CT molecular complexity index is 321. The van der Waals surface area contributed by atoms with Crippen LogP contribution in [-0.4, -0.2) is 35.5 Å². The maximum Gasteiger partial charge on any atom is 0.326 e. The van der Waals surface area contributed by atoms with E-state index in [2.05, 4.69) is 10.6 Å². The number of carboxylic acids is 1. The van der Waals surface area contributed by atoms with Gasteiger partial charge in [0.2, 0.25) is 11.8 Å². The lowest BCUT2D eigenvalue weighted by Crippen LogP contribution is -2.42. The zero-order valence-electron chi connectivity index (χ0n) is 11.4. The highest BCUT2D eigenvalue weighted by Crippen LogP contribution is 2.11. The maximum absolute atomic E-state index is 11.5. The second-order valence-corrected chi connectivity index (χ2v) is 5.12. The van der Waals surface area contributed by atoms with Crippen molar-refractivity contribution in [2.24, 2.45) is 5.41 Å². The molecule has 0 unspecified atom stereocenters. The Labute approximate surface area is 107 Å². The summed E-state index contributed by atoms with van der Waals surface area (Å²) in [4.78, 5) is 33.6. The van der Waals surface area contributed by atoms with Crippen molar-refractivity contribution in [3.05, 3.63) is 0 Å². The quantitative estimate of drug-likeness (QED) is 0.647. The van der Waals surface area contributed by atoms with Crippen LogP contribution in [0.5, 0.6) is 0 Å². The lowest BCUT2D eigenvalue weighted by Gasteiger charge is -2.18. The molecular weight excluding hydrogens is 236 g/mol. The Kier molecular flexibility index (Phi) is 6.36. The number of nitrogens with one attached hydrogen (secondary N) is 2. The van der Waals surface area contributed by atoms with Crippen LogP contribution in [-0.2, 0) is 14.4 Å². The fourth-order valence-electron chi connectivity index (χ4n) is 1.16. The Balaban J connectivity index is 3.98. The molecule has 0 aromatic carbocycles. The Morgan fingerprint density at radius 1 is 1.22 bits per heavy atom. The van der Waals surface area contributed by atoms with E-state index in [4.69, 9.17) is 5.11 Å². The van der Waals surface area contributed by atoms with Crippen molar-refractivity contribution in [2.45, 2.75) is 46.6 Å². The third-order valence-corrected chi connectivity index (χ3v) is 2.36. The normalized spacial score (nSPS) is 12.7. The van der Waals surface area contributed by atoms with Gasteiger partial charge in [0.25, 0.3) is 0 Å². The number of carbonyl (C=O) groups is 3. The standard InChI is InChI=1S/C12H22N2O4/c1-5-8(10(16)17)14-9(15)6-7-13-11(18)12(2,3)4/h8H,5-7H2,1-4H3,(H,13,18)(H,14,15)(H,16,17)/t8-/m1/s1. The SMILES string of the molecule is CC[C@@H](NC(=O)CCNC(=O)C(C)(C)C)C(=O)O. The summed E-state index contributed by atoms with van der Waals surface area (Å²) in [5.41, 5.74) is -0.497. The number of rotatable bonds is 6. The summed E-state index contributed by atoms with van der Waals surface area (Å²) in [6.45, 7) is 7.22. The second-order valence-electron chi connectivity index (χ2n) is 5.12. The van der Waals surface area contributed by atoms with Crippen molar-refractivity contribution in [1.82, 2.24) is 10.6 Å². The number of carboxylic acid groups (broad SMARTS) is 1. The van der Waals surface area contributed by atoms with Gasteiger partial charge in [-0.2, -0.15) is 0 Å². The van der Waals surface area contributed by atoms with Crippen LogP contribution in [0.2, 0.25) is 0 Å². The lowest BCUT2D eigenvalue weighted by molar-refractivity contribution is -0.142. The van der Waals surface area contributed by atoms with E-state index in [0.29, 0.717) is 6.42 Å². The summed E-state index contributed by atoms with van der Waals surface area (Å²) in [6, 6.07) is -0.865. The van der Waals surface area contributed by atoms with E-state index in [1.807, 2.05) is 0 Å². The average molecular weight is 258 g/mol. The minimum atomic E-state index is -1.05. The third kappa shape index (κ3) is 6.22. The molecule has 6 nitrogen and oxygen atoms in total. The molecule has 0 spiro atoms. The predicted molar refractivity (Wildman–Crippen MR) is 66.9 cm³/mol. The van der Waals surface area contributed by atoms with Gasteiger partial charge in [-0.3, -0.25) is 9.59 Å². The Morgan fingerprint density at radius 3 is 2.17 bits per heavy atom. The molecule has 1 atom stereocenters. The predicted octanol–water partition coefficient (Wildman–Crippen LogP) is 0.518. The van der Waals surface area contributed by atoms with Crippen LogP contribution >= 0.6 is 0 Å². The highest BCUT2D eigenvalue weighted by Gasteiger charge is 2.21. The number of carbonyl (C=O) groups excluding carboxylic acids is 2. The molecule has 2 amide bonds. The van der Waals surface area contributed by atoms with E-state index in [0.717, 1.165) is 0 Å². The van der Waals surface area contributed by atoms with Crippen LogP contribution in [0.15, 0.2) is 0 Å². The van der Waals surface area contributed by atoms with Crippen LogP contribution in [0, 0.1) is 5.41 Å². The number of hydrogen-bond donors (Lipinski definition) is 3. The molecule has 0 heterocycles. The number of aliphatic carboxylic acids is 1. The largest absolute Gasteiger partial charge is 0.480 e. The van der Waals surface area contributed by atoms with Crippen molar-refractivity contribution in [2.75, 3.05) is 6.54 Å². The molecule has 0 bridgehead atoms. The molecule has 0 aliphatic rings. The van der Waals surface area contributed by atoms with Gasteiger partial charge in [0.05, 0.1) is 0 Å². The van der Waals surface area contributed by atoms with Crippen molar-refractivity contribution in [3.8, 4) is 0 Å². The zero-order valence-corrected chi connectivity index (χ0v) is 11.4. The Hall–Kier alpha value is -1.59. The van der Waals surface area contributed by atoms with E-state index in [1.165, 1.54) is 0 Å². The van der Waals surface area contributed by atoms with Crippen LogP contribution in [0.4, 0.5) is 0 Å². The lowest BCUT2D eigenvalue weighted by atomic mass is 9.96. The van der Waals surface area contributed by atoms with Crippen LogP contribution in [0.3, 0.4) is 0 Å². The molecule has 0 fully saturated rings. The van der Waals surface area contributed by atoms with E-state index in [1.54, 1.807) is 27.7 Å². The summed E-state index contributed by atoms with van der Waals surface area (Å²) in [7, 11) is 0. The van der Waals surface area contributed by atoms with E-state index < -0.39 is 17.4 Å². The van der Waals surface area contributed by atoms with Gasteiger partial charge in [0.15, 0.2) is 0 Å². The molecule has 0 saturated heterocycles. The molecule has 104 valence electrons. The van der Waals surface area contributed by atoms with Crippen LogP contribution in [0.1, 0.15) is 40.5 Å². The molecule has 18 heavy (non-hydrogen) atoms.